The largest absolute Gasteiger partial charge is 0.490 e. The van der Waals surface area contributed by atoms with Gasteiger partial charge in [-0.3, -0.25) is 4.79 Å². The van der Waals surface area contributed by atoms with E-state index in [4.69, 9.17) is 14.2 Å². The van der Waals surface area contributed by atoms with Gasteiger partial charge in [0.2, 0.25) is 5.76 Å². The fourth-order valence-corrected chi connectivity index (χ4v) is 4.87. The maximum absolute atomic E-state index is 13.3. The van der Waals surface area contributed by atoms with Crippen LogP contribution in [0.4, 0.5) is 0 Å². The van der Waals surface area contributed by atoms with Crippen molar-refractivity contribution in [1.29, 1.82) is 0 Å². The third kappa shape index (κ3) is 11.3. The minimum Gasteiger partial charge on any atom is -0.490 e. The Morgan fingerprint density at radius 3 is 2.32 bits per heavy atom. The van der Waals surface area contributed by atoms with Crippen molar-refractivity contribution in [3.8, 4) is 0 Å². The molecule has 0 saturated heterocycles. The van der Waals surface area contributed by atoms with E-state index in [0.717, 1.165) is 11.1 Å². The number of ether oxygens (including phenoxy) is 3. The highest BCUT2D eigenvalue weighted by Crippen LogP contribution is 2.27. The number of aliphatic hydroxyl groups excluding tert-OH is 3. The van der Waals surface area contributed by atoms with Gasteiger partial charge in [-0.1, -0.05) is 76.1 Å². The molecule has 8 heteroatoms. The summed E-state index contributed by atoms with van der Waals surface area (Å²) in [5, 5.41) is 31.8. The van der Waals surface area contributed by atoms with Crippen molar-refractivity contribution in [3.63, 3.8) is 0 Å². The summed E-state index contributed by atoms with van der Waals surface area (Å²) in [6.45, 7) is 14.5. The Kier molecular flexibility index (Phi) is 15.5. The molecule has 10 atom stereocenters. The quantitative estimate of drug-likeness (QED) is 0.267. The number of carbonyl (C=O) groups excluding carboxylic acids is 2. The Bertz CT molecular complexity index is 1000. The minimum atomic E-state index is -1.17. The van der Waals surface area contributed by atoms with Crippen molar-refractivity contribution >= 4 is 11.8 Å². The lowest BCUT2D eigenvalue weighted by atomic mass is 9.84. The molecule has 10 unspecified atom stereocenters. The molecule has 0 fully saturated rings. The van der Waals surface area contributed by atoms with Crippen LogP contribution in [0.25, 0.3) is 0 Å². The summed E-state index contributed by atoms with van der Waals surface area (Å²) in [5.41, 5.74) is 1.78. The summed E-state index contributed by atoms with van der Waals surface area (Å²) < 4.78 is 17.0. The summed E-state index contributed by atoms with van der Waals surface area (Å²) in [7, 11) is 2.85. The Hall–Kier alpha value is -2.52. The average molecular weight is 577 g/mol. The summed E-state index contributed by atoms with van der Waals surface area (Å²) in [4.78, 5) is 26.2. The lowest BCUT2D eigenvalue weighted by Crippen LogP contribution is -2.45. The van der Waals surface area contributed by atoms with E-state index in [0.29, 0.717) is 6.42 Å². The van der Waals surface area contributed by atoms with Gasteiger partial charge in [-0.25, -0.2) is 4.79 Å². The second-order valence-corrected chi connectivity index (χ2v) is 11.6. The molecule has 1 aliphatic rings. The van der Waals surface area contributed by atoms with Crippen LogP contribution >= 0.6 is 0 Å². The van der Waals surface area contributed by atoms with Gasteiger partial charge in [0.1, 0.15) is 12.2 Å². The van der Waals surface area contributed by atoms with Crippen LogP contribution in [0.3, 0.4) is 0 Å². The Labute approximate surface area is 246 Å². The molecule has 0 aliphatic carbocycles. The van der Waals surface area contributed by atoms with Gasteiger partial charge >= 0.3 is 5.97 Å². The van der Waals surface area contributed by atoms with E-state index in [2.05, 4.69) is 0 Å². The van der Waals surface area contributed by atoms with Gasteiger partial charge < -0.3 is 29.5 Å². The number of hydrogen-bond donors (Lipinski definition) is 3. The van der Waals surface area contributed by atoms with Crippen LogP contribution in [0.5, 0.6) is 0 Å². The predicted octanol–water partition coefficient (Wildman–Crippen LogP) is 4.70. The van der Waals surface area contributed by atoms with Crippen molar-refractivity contribution in [2.75, 3.05) is 14.2 Å². The zero-order chi connectivity index (χ0) is 31.4. The van der Waals surface area contributed by atoms with Gasteiger partial charge in [-0.15, -0.1) is 0 Å². The Morgan fingerprint density at radius 2 is 1.76 bits per heavy atom. The smallest absolute Gasteiger partial charge is 0.373 e. The normalized spacial score (nSPS) is 33.5. The monoisotopic (exact) mass is 576 g/mol. The van der Waals surface area contributed by atoms with Gasteiger partial charge in [-0.2, -0.15) is 0 Å². The maximum atomic E-state index is 13.3. The van der Waals surface area contributed by atoms with Crippen LogP contribution < -0.4 is 0 Å². The number of carbonyl (C=O) groups is 2. The van der Waals surface area contributed by atoms with E-state index in [9.17, 15) is 24.9 Å². The van der Waals surface area contributed by atoms with Crippen LogP contribution in [0.2, 0.25) is 0 Å². The van der Waals surface area contributed by atoms with E-state index in [1.54, 1.807) is 45.9 Å². The summed E-state index contributed by atoms with van der Waals surface area (Å²) in [6.07, 6.45) is 8.56. The molecule has 232 valence electrons. The predicted molar refractivity (Wildman–Crippen MR) is 161 cm³/mol. The lowest BCUT2D eigenvalue weighted by molar-refractivity contribution is -0.162. The number of aliphatic hydroxyl groups is 3. The molecule has 0 aromatic rings. The van der Waals surface area contributed by atoms with Crippen LogP contribution in [-0.2, 0) is 23.8 Å². The summed E-state index contributed by atoms with van der Waals surface area (Å²) >= 11 is 0. The molecule has 0 aromatic heterocycles. The van der Waals surface area contributed by atoms with Gasteiger partial charge in [0, 0.05) is 30.8 Å². The SMILES string of the molecule is CO/C1=C/C(C)=C/C(C)C(O)C(C)C/C(C)=C\C=C\C(OC)C(C(C)C(O)C(C)C(=O)/C=C\C(C)C(C)O)OC1=O. The second kappa shape index (κ2) is 17.4. The van der Waals surface area contributed by atoms with Gasteiger partial charge in [0.05, 0.1) is 25.4 Å². The Balaban J connectivity index is 3.49. The highest BCUT2D eigenvalue weighted by molar-refractivity contribution is 5.92. The fraction of sp³-hybridized carbons (Fsp3) is 0.636. The molecule has 1 heterocycles. The van der Waals surface area contributed by atoms with Crippen molar-refractivity contribution in [3.05, 3.63) is 59.4 Å². The Morgan fingerprint density at radius 1 is 1.12 bits per heavy atom. The molecule has 1 aliphatic heterocycles. The number of cyclic esters (lactones) is 1. The van der Waals surface area contributed by atoms with Gasteiger partial charge in [-0.05, 0) is 45.3 Å². The van der Waals surface area contributed by atoms with E-state index < -0.39 is 48.3 Å². The third-order valence-corrected chi connectivity index (χ3v) is 7.93. The van der Waals surface area contributed by atoms with Crippen LogP contribution in [0.15, 0.2) is 59.4 Å². The second-order valence-electron chi connectivity index (χ2n) is 11.6. The first kappa shape index (κ1) is 36.5. The molecule has 0 radical (unpaired) electrons. The first-order valence-corrected chi connectivity index (χ1v) is 14.4. The first-order chi connectivity index (χ1) is 19.1. The number of hydrogen-bond acceptors (Lipinski definition) is 8. The molecule has 0 spiro atoms. The summed E-state index contributed by atoms with van der Waals surface area (Å²) in [6, 6.07) is 0. The molecular formula is C33H52O8. The number of esters is 1. The molecule has 8 nitrogen and oxygen atoms in total. The molecule has 0 saturated carbocycles. The molecule has 0 amide bonds. The topological polar surface area (TPSA) is 123 Å². The van der Waals surface area contributed by atoms with E-state index >= 15 is 0 Å². The molecule has 0 aromatic carbocycles. The molecule has 41 heavy (non-hydrogen) atoms. The molecular weight excluding hydrogens is 524 g/mol. The highest BCUT2D eigenvalue weighted by Gasteiger charge is 2.38. The third-order valence-electron chi connectivity index (χ3n) is 7.93. The molecule has 1 rings (SSSR count). The van der Waals surface area contributed by atoms with Gasteiger partial charge in [0.15, 0.2) is 5.78 Å². The fourth-order valence-electron chi connectivity index (χ4n) is 4.87. The molecule has 3 N–H and O–H groups in total. The lowest BCUT2D eigenvalue weighted by Gasteiger charge is -2.33. The van der Waals surface area contributed by atoms with Crippen LogP contribution in [-0.4, -0.2) is 71.8 Å². The number of ketones is 1. The van der Waals surface area contributed by atoms with Crippen molar-refractivity contribution < 1.29 is 39.1 Å². The van der Waals surface area contributed by atoms with E-state index in [1.165, 1.54) is 20.3 Å². The maximum Gasteiger partial charge on any atom is 0.373 e. The first-order valence-electron chi connectivity index (χ1n) is 14.4. The van der Waals surface area contributed by atoms with Crippen molar-refractivity contribution in [2.24, 2.45) is 29.6 Å². The van der Waals surface area contributed by atoms with Crippen molar-refractivity contribution in [1.82, 2.24) is 0 Å². The zero-order valence-electron chi connectivity index (χ0n) is 26.4. The van der Waals surface area contributed by atoms with Crippen molar-refractivity contribution in [2.45, 2.75) is 92.3 Å². The van der Waals surface area contributed by atoms with E-state index in [1.807, 2.05) is 45.9 Å². The zero-order valence-corrected chi connectivity index (χ0v) is 26.4. The number of methoxy groups -OCH3 is 2. The average Bonchev–Trinajstić information content (AvgIpc) is 2.92. The number of rotatable bonds is 9. The standard InChI is InChI=1S/C33H52O8/c1-19-12-11-13-28(39-9)32(25(7)31(37)24(6)27(35)15-14-21(3)26(8)34)41-33(38)29(40-10)18-20(2)17-23(5)30(36)22(4)16-19/h11-15,17-18,21-26,28,30-32,34,36-37H,16H2,1-10H3/b13-11+,15-14-,19-12-,20-17+,29-18+. The van der Waals surface area contributed by atoms with Gasteiger partial charge in [0.25, 0.3) is 0 Å². The van der Waals surface area contributed by atoms with E-state index in [-0.39, 0.29) is 29.3 Å². The highest BCUT2D eigenvalue weighted by atomic mass is 16.6. The number of allylic oxidation sites excluding steroid dienone is 6. The van der Waals surface area contributed by atoms with Crippen LogP contribution in [0, 0.1) is 29.6 Å². The molecule has 0 bridgehead atoms. The van der Waals surface area contributed by atoms with Crippen LogP contribution in [0.1, 0.15) is 61.8 Å². The minimum absolute atomic E-state index is 0.000220. The summed E-state index contributed by atoms with van der Waals surface area (Å²) in [5.74, 6) is -2.98.